The van der Waals surface area contributed by atoms with E-state index in [1.54, 1.807) is 0 Å². The van der Waals surface area contributed by atoms with E-state index >= 15 is 0 Å². The van der Waals surface area contributed by atoms with Crippen molar-refractivity contribution < 1.29 is 9.94 Å². The van der Waals surface area contributed by atoms with E-state index in [1.807, 2.05) is 25.1 Å². The number of oxime groups is 1. The van der Waals surface area contributed by atoms with Gasteiger partial charge in [-0.3, -0.25) is 0 Å². The van der Waals surface area contributed by atoms with Gasteiger partial charge in [-0.25, -0.2) is 0 Å². The molecular weight excluding hydrogens is 266 g/mol. The predicted molar refractivity (Wildman–Crippen MR) is 83.5 cm³/mol. The third kappa shape index (κ3) is 3.95. The van der Waals surface area contributed by atoms with Gasteiger partial charge in [0.2, 0.25) is 0 Å². The second-order valence-corrected chi connectivity index (χ2v) is 5.62. The second kappa shape index (κ2) is 7.43. The maximum atomic E-state index is 8.70. The molecule has 5 heteroatoms. The minimum absolute atomic E-state index is 0.145. The van der Waals surface area contributed by atoms with Crippen LogP contribution in [0.2, 0.25) is 0 Å². The normalized spacial score (nSPS) is 22.7. The SMILES string of the molecule is CCC1OCCC1CNCc1ccc(/C(N)=N/O)cc1C. The van der Waals surface area contributed by atoms with Gasteiger partial charge in [0.05, 0.1) is 6.10 Å². The van der Waals surface area contributed by atoms with Crippen molar-refractivity contribution in [2.75, 3.05) is 13.2 Å². The lowest BCUT2D eigenvalue weighted by molar-refractivity contribution is 0.0872. The Labute approximate surface area is 126 Å². The van der Waals surface area contributed by atoms with Crippen LogP contribution in [0.25, 0.3) is 0 Å². The average molecular weight is 291 g/mol. The Morgan fingerprint density at radius 1 is 1.52 bits per heavy atom. The number of amidine groups is 1. The van der Waals surface area contributed by atoms with Gasteiger partial charge in [0.25, 0.3) is 0 Å². The van der Waals surface area contributed by atoms with Crippen molar-refractivity contribution in [3.8, 4) is 0 Å². The standard InChI is InChI=1S/C16H25N3O2/c1-3-15-14(6-7-21-15)10-18-9-13-5-4-12(8-11(13)2)16(17)19-20/h4-5,8,14-15,18,20H,3,6-7,9-10H2,1-2H3,(H2,17,19). The summed E-state index contributed by atoms with van der Waals surface area (Å²) >= 11 is 0. The average Bonchev–Trinajstić information content (AvgIpc) is 2.95. The fourth-order valence-corrected chi connectivity index (χ4v) is 2.88. The number of nitrogens with two attached hydrogens (primary N) is 1. The van der Waals surface area contributed by atoms with E-state index in [0.29, 0.717) is 12.0 Å². The van der Waals surface area contributed by atoms with Gasteiger partial charge >= 0.3 is 0 Å². The maximum absolute atomic E-state index is 8.70. The Morgan fingerprint density at radius 3 is 3.00 bits per heavy atom. The van der Waals surface area contributed by atoms with Crippen LogP contribution in [0.3, 0.4) is 0 Å². The second-order valence-electron chi connectivity index (χ2n) is 5.62. The molecule has 1 aliphatic rings. The van der Waals surface area contributed by atoms with Gasteiger partial charge in [-0.2, -0.15) is 0 Å². The molecule has 0 aliphatic carbocycles. The molecule has 0 saturated carbocycles. The van der Waals surface area contributed by atoms with Crippen LogP contribution in [0.15, 0.2) is 23.4 Å². The summed E-state index contributed by atoms with van der Waals surface area (Å²) in [7, 11) is 0. The van der Waals surface area contributed by atoms with Crippen molar-refractivity contribution in [2.24, 2.45) is 16.8 Å². The van der Waals surface area contributed by atoms with Gasteiger partial charge in [-0.15, -0.1) is 0 Å². The smallest absolute Gasteiger partial charge is 0.170 e. The van der Waals surface area contributed by atoms with E-state index in [4.69, 9.17) is 15.7 Å². The summed E-state index contributed by atoms with van der Waals surface area (Å²) < 4.78 is 5.70. The lowest BCUT2D eigenvalue weighted by Gasteiger charge is -2.17. The first-order valence-electron chi connectivity index (χ1n) is 7.55. The number of ether oxygens (including phenoxy) is 1. The van der Waals surface area contributed by atoms with Crippen LogP contribution in [-0.2, 0) is 11.3 Å². The molecule has 2 unspecified atom stereocenters. The van der Waals surface area contributed by atoms with Crippen molar-refractivity contribution >= 4 is 5.84 Å². The summed E-state index contributed by atoms with van der Waals surface area (Å²) in [4.78, 5) is 0. The molecule has 21 heavy (non-hydrogen) atoms. The first-order valence-corrected chi connectivity index (χ1v) is 7.55. The summed E-state index contributed by atoms with van der Waals surface area (Å²) in [6.45, 7) is 6.92. The van der Waals surface area contributed by atoms with Crippen molar-refractivity contribution in [3.63, 3.8) is 0 Å². The number of benzene rings is 1. The minimum Gasteiger partial charge on any atom is -0.409 e. The summed E-state index contributed by atoms with van der Waals surface area (Å²) in [5, 5.41) is 15.2. The fourth-order valence-electron chi connectivity index (χ4n) is 2.88. The molecule has 1 fully saturated rings. The Hall–Kier alpha value is -1.59. The summed E-state index contributed by atoms with van der Waals surface area (Å²) in [5.41, 5.74) is 8.71. The van der Waals surface area contributed by atoms with Crippen LogP contribution in [0.5, 0.6) is 0 Å². The number of aryl methyl sites for hydroxylation is 1. The molecule has 116 valence electrons. The Bertz CT molecular complexity index is 502. The highest BCUT2D eigenvalue weighted by molar-refractivity contribution is 5.97. The van der Waals surface area contributed by atoms with Gasteiger partial charge in [0.1, 0.15) is 0 Å². The molecule has 4 N–H and O–H groups in total. The van der Waals surface area contributed by atoms with E-state index in [-0.39, 0.29) is 5.84 Å². The van der Waals surface area contributed by atoms with Crippen LogP contribution in [0.4, 0.5) is 0 Å². The number of nitrogens with zero attached hydrogens (tertiary/aromatic N) is 1. The molecular formula is C16H25N3O2. The Morgan fingerprint density at radius 2 is 2.33 bits per heavy atom. The van der Waals surface area contributed by atoms with E-state index in [9.17, 15) is 0 Å². The quantitative estimate of drug-likeness (QED) is 0.324. The van der Waals surface area contributed by atoms with Crippen LogP contribution in [-0.4, -0.2) is 30.3 Å². The van der Waals surface area contributed by atoms with Gasteiger partial charge in [0, 0.05) is 25.3 Å². The minimum atomic E-state index is 0.145. The largest absolute Gasteiger partial charge is 0.409 e. The highest BCUT2D eigenvalue weighted by atomic mass is 16.5. The van der Waals surface area contributed by atoms with E-state index in [1.165, 1.54) is 5.56 Å². The molecule has 1 heterocycles. The molecule has 1 aliphatic heterocycles. The molecule has 1 aromatic carbocycles. The Kier molecular flexibility index (Phi) is 5.59. The molecule has 1 aromatic rings. The third-order valence-corrected chi connectivity index (χ3v) is 4.22. The lowest BCUT2D eigenvalue weighted by atomic mass is 9.99. The molecule has 0 spiro atoms. The monoisotopic (exact) mass is 291 g/mol. The zero-order valence-corrected chi connectivity index (χ0v) is 12.8. The molecule has 0 bridgehead atoms. The first-order chi connectivity index (χ1) is 10.2. The Balaban J connectivity index is 1.89. The van der Waals surface area contributed by atoms with Gasteiger partial charge in [-0.05, 0) is 42.9 Å². The van der Waals surface area contributed by atoms with Crippen molar-refractivity contribution in [2.45, 2.75) is 39.3 Å². The zero-order chi connectivity index (χ0) is 15.2. The fraction of sp³-hybridized carbons (Fsp3) is 0.562. The van der Waals surface area contributed by atoms with Gasteiger partial charge in [0.15, 0.2) is 5.84 Å². The van der Waals surface area contributed by atoms with Crippen molar-refractivity contribution in [3.05, 3.63) is 34.9 Å². The highest BCUT2D eigenvalue weighted by Crippen LogP contribution is 2.22. The van der Waals surface area contributed by atoms with Gasteiger partial charge in [-0.1, -0.05) is 24.2 Å². The van der Waals surface area contributed by atoms with Gasteiger partial charge < -0.3 is 21.0 Å². The summed E-state index contributed by atoms with van der Waals surface area (Å²) in [6.07, 6.45) is 2.63. The molecule has 0 amide bonds. The van der Waals surface area contributed by atoms with E-state index in [0.717, 1.165) is 43.7 Å². The molecule has 0 radical (unpaired) electrons. The number of hydrogen-bond acceptors (Lipinski definition) is 4. The highest BCUT2D eigenvalue weighted by Gasteiger charge is 2.25. The topological polar surface area (TPSA) is 79.9 Å². The molecule has 0 aromatic heterocycles. The van der Waals surface area contributed by atoms with Crippen LogP contribution in [0, 0.1) is 12.8 Å². The van der Waals surface area contributed by atoms with Crippen LogP contribution in [0.1, 0.15) is 36.5 Å². The van der Waals surface area contributed by atoms with E-state index < -0.39 is 0 Å². The molecule has 1 saturated heterocycles. The van der Waals surface area contributed by atoms with Crippen molar-refractivity contribution in [1.82, 2.24) is 5.32 Å². The molecule has 2 atom stereocenters. The maximum Gasteiger partial charge on any atom is 0.170 e. The first kappa shape index (κ1) is 15.8. The zero-order valence-electron chi connectivity index (χ0n) is 12.8. The number of rotatable bonds is 6. The summed E-state index contributed by atoms with van der Waals surface area (Å²) in [5.74, 6) is 0.762. The summed E-state index contributed by atoms with van der Waals surface area (Å²) in [6, 6.07) is 5.85. The lowest BCUT2D eigenvalue weighted by Crippen LogP contribution is -2.28. The van der Waals surface area contributed by atoms with Crippen LogP contribution >= 0.6 is 0 Å². The number of hydrogen-bond donors (Lipinski definition) is 3. The van der Waals surface area contributed by atoms with E-state index in [2.05, 4.69) is 17.4 Å². The molecule has 2 rings (SSSR count). The van der Waals surface area contributed by atoms with Crippen LogP contribution < -0.4 is 11.1 Å². The predicted octanol–water partition coefficient (Wildman–Crippen LogP) is 1.99. The van der Waals surface area contributed by atoms with Crippen molar-refractivity contribution in [1.29, 1.82) is 0 Å². The molecule has 5 nitrogen and oxygen atoms in total. The number of nitrogens with one attached hydrogen (secondary N) is 1. The third-order valence-electron chi connectivity index (χ3n) is 4.22.